The molecule has 0 fully saturated rings. The van der Waals surface area contributed by atoms with Crippen molar-refractivity contribution < 1.29 is 4.79 Å². The number of nitrogens with zero attached hydrogens (tertiary/aromatic N) is 2. The Bertz CT molecular complexity index is 559. The molecule has 0 bridgehead atoms. The van der Waals surface area contributed by atoms with E-state index in [1.807, 2.05) is 6.07 Å². The van der Waals surface area contributed by atoms with Crippen LogP contribution in [0.5, 0.6) is 0 Å². The first-order chi connectivity index (χ1) is 7.09. The van der Waals surface area contributed by atoms with Crippen LogP contribution in [0.15, 0.2) is 24.4 Å². The maximum Gasteiger partial charge on any atom is 0.244 e. The summed E-state index contributed by atoms with van der Waals surface area (Å²) in [6, 6.07) is 5.40. The lowest BCUT2D eigenvalue weighted by molar-refractivity contribution is 0.0927. The third-order valence-corrected chi connectivity index (χ3v) is 2.39. The number of benzene rings is 1. The summed E-state index contributed by atoms with van der Waals surface area (Å²) in [5.74, 6) is -0.118. The number of fused-ring (bicyclic) bond motifs is 1. The Hall–Kier alpha value is -1.75. The highest BCUT2D eigenvalue weighted by molar-refractivity contribution is 7.80. The van der Waals surface area contributed by atoms with E-state index in [4.69, 9.17) is 18.0 Å². The molecule has 0 saturated heterocycles. The Kier molecular flexibility index (Phi) is 2.24. The minimum absolute atomic E-state index is 0.118. The zero-order valence-corrected chi connectivity index (χ0v) is 8.91. The molecule has 5 heteroatoms. The summed E-state index contributed by atoms with van der Waals surface area (Å²) >= 11 is 4.87. The van der Waals surface area contributed by atoms with Gasteiger partial charge < -0.3 is 5.73 Å². The largest absolute Gasteiger partial charge is 0.389 e. The number of aromatic nitrogens is 2. The summed E-state index contributed by atoms with van der Waals surface area (Å²) in [7, 11) is 0. The first kappa shape index (κ1) is 9.79. The van der Waals surface area contributed by atoms with Crippen molar-refractivity contribution in [1.82, 2.24) is 9.78 Å². The number of nitrogens with two attached hydrogens (primary N) is 1. The zero-order chi connectivity index (χ0) is 11.0. The molecule has 15 heavy (non-hydrogen) atoms. The lowest BCUT2D eigenvalue weighted by Crippen LogP contribution is -2.09. The second-order valence-electron chi connectivity index (χ2n) is 3.21. The van der Waals surface area contributed by atoms with Crippen LogP contribution in [0.1, 0.15) is 17.3 Å². The average molecular weight is 219 g/mol. The number of hydrogen-bond donors (Lipinski definition) is 1. The topological polar surface area (TPSA) is 60.9 Å². The van der Waals surface area contributed by atoms with E-state index in [1.54, 1.807) is 18.3 Å². The highest BCUT2D eigenvalue weighted by Crippen LogP contribution is 2.15. The monoisotopic (exact) mass is 219 g/mol. The molecule has 1 aromatic carbocycles. The van der Waals surface area contributed by atoms with Gasteiger partial charge in [0.25, 0.3) is 0 Å². The fraction of sp³-hybridized carbons (Fsp3) is 0.100. The van der Waals surface area contributed by atoms with E-state index in [2.05, 4.69) is 5.10 Å². The lowest BCUT2D eigenvalue weighted by Gasteiger charge is -1.99. The molecule has 0 aliphatic rings. The Morgan fingerprint density at radius 2 is 2.27 bits per heavy atom. The second kappa shape index (κ2) is 3.43. The molecule has 4 nitrogen and oxygen atoms in total. The SMILES string of the molecule is CC(=O)n1ncc2cc(C(N)=S)ccc21. The third kappa shape index (κ3) is 1.61. The Balaban J connectivity index is 2.66. The van der Waals surface area contributed by atoms with Crippen LogP contribution in [0.2, 0.25) is 0 Å². The summed E-state index contributed by atoms with van der Waals surface area (Å²) in [6.07, 6.45) is 1.62. The van der Waals surface area contributed by atoms with E-state index in [0.717, 1.165) is 16.5 Å². The van der Waals surface area contributed by atoms with E-state index in [-0.39, 0.29) is 5.91 Å². The minimum atomic E-state index is -0.118. The van der Waals surface area contributed by atoms with Gasteiger partial charge in [-0.05, 0) is 18.2 Å². The highest BCUT2D eigenvalue weighted by Gasteiger charge is 2.07. The molecule has 2 N–H and O–H groups in total. The predicted molar refractivity (Wildman–Crippen MR) is 61.9 cm³/mol. The van der Waals surface area contributed by atoms with Crippen molar-refractivity contribution in [3.63, 3.8) is 0 Å². The molecule has 0 amide bonds. The number of carbonyl (C=O) groups excluding carboxylic acids is 1. The van der Waals surface area contributed by atoms with Crippen molar-refractivity contribution in [2.45, 2.75) is 6.92 Å². The van der Waals surface area contributed by atoms with E-state index >= 15 is 0 Å². The lowest BCUT2D eigenvalue weighted by atomic mass is 10.1. The van der Waals surface area contributed by atoms with Crippen LogP contribution in [0, 0.1) is 0 Å². The number of hydrogen-bond acceptors (Lipinski definition) is 3. The molecule has 0 radical (unpaired) electrons. The van der Waals surface area contributed by atoms with E-state index in [9.17, 15) is 4.79 Å². The van der Waals surface area contributed by atoms with Crippen molar-refractivity contribution in [1.29, 1.82) is 0 Å². The summed E-state index contributed by atoms with van der Waals surface area (Å²) in [4.78, 5) is 11.5. The molecule has 76 valence electrons. The van der Waals surface area contributed by atoms with Gasteiger partial charge in [-0.3, -0.25) is 4.79 Å². The van der Waals surface area contributed by atoms with Gasteiger partial charge in [-0.2, -0.15) is 5.10 Å². The van der Waals surface area contributed by atoms with Crippen molar-refractivity contribution in [2.75, 3.05) is 0 Å². The van der Waals surface area contributed by atoms with Gasteiger partial charge in [-0.1, -0.05) is 12.2 Å². The van der Waals surface area contributed by atoms with Crippen LogP contribution < -0.4 is 5.73 Å². The summed E-state index contributed by atoms with van der Waals surface area (Å²) < 4.78 is 1.35. The molecule has 2 aromatic rings. The van der Waals surface area contributed by atoms with Gasteiger partial charge >= 0.3 is 0 Å². The Morgan fingerprint density at radius 3 is 2.87 bits per heavy atom. The predicted octanol–water partition coefficient (Wildman–Crippen LogP) is 1.33. The van der Waals surface area contributed by atoms with Crippen LogP contribution in [-0.4, -0.2) is 20.7 Å². The molecule has 1 heterocycles. The normalized spacial score (nSPS) is 10.5. The fourth-order valence-electron chi connectivity index (χ4n) is 1.44. The minimum Gasteiger partial charge on any atom is -0.389 e. The number of carbonyl (C=O) groups is 1. The van der Waals surface area contributed by atoms with Gasteiger partial charge in [0.1, 0.15) is 4.99 Å². The number of rotatable bonds is 1. The number of thiocarbonyl (C=S) groups is 1. The van der Waals surface area contributed by atoms with Gasteiger partial charge in [0.2, 0.25) is 5.91 Å². The maximum absolute atomic E-state index is 11.2. The molecule has 0 aliphatic carbocycles. The summed E-state index contributed by atoms with van der Waals surface area (Å²) in [5.41, 5.74) is 7.05. The van der Waals surface area contributed by atoms with Gasteiger partial charge in [-0.25, -0.2) is 4.68 Å². The molecule has 2 rings (SSSR count). The van der Waals surface area contributed by atoms with Crippen molar-refractivity contribution in [3.05, 3.63) is 30.0 Å². The first-order valence-electron chi connectivity index (χ1n) is 4.38. The fourth-order valence-corrected chi connectivity index (χ4v) is 1.56. The standard InChI is InChI=1S/C10H9N3OS/c1-6(14)13-9-3-2-7(10(11)15)4-8(9)5-12-13/h2-5H,1H3,(H2,11,15). The molecule has 0 aliphatic heterocycles. The van der Waals surface area contributed by atoms with Gasteiger partial charge in [0, 0.05) is 17.9 Å². The molecular weight excluding hydrogens is 210 g/mol. The van der Waals surface area contributed by atoms with Crippen LogP contribution in [0.3, 0.4) is 0 Å². The van der Waals surface area contributed by atoms with Crippen LogP contribution in [0.25, 0.3) is 10.9 Å². The van der Waals surface area contributed by atoms with Gasteiger partial charge in [0.05, 0.1) is 11.7 Å². The molecular formula is C10H9N3OS. The van der Waals surface area contributed by atoms with Crippen LogP contribution in [0.4, 0.5) is 0 Å². The second-order valence-corrected chi connectivity index (χ2v) is 3.65. The molecule has 0 saturated carbocycles. The smallest absolute Gasteiger partial charge is 0.244 e. The van der Waals surface area contributed by atoms with E-state index < -0.39 is 0 Å². The van der Waals surface area contributed by atoms with Gasteiger partial charge in [0.15, 0.2) is 0 Å². The van der Waals surface area contributed by atoms with E-state index in [0.29, 0.717) is 4.99 Å². The highest BCUT2D eigenvalue weighted by atomic mass is 32.1. The molecule has 0 spiro atoms. The first-order valence-corrected chi connectivity index (χ1v) is 4.79. The maximum atomic E-state index is 11.2. The Labute approximate surface area is 91.7 Å². The van der Waals surface area contributed by atoms with Crippen LogP contribution >= 0.6 is 12.2 Å². The van der Waals surface area contributed by atoms with Gasteiger partial charge in [-0.15, -0.1) is 0 Å². The zero-order valence-electron chi connectivity index (χ0n) is 8.10. The quantitative estimate of drug-likeness (QED) is 0.735. The molecule has 1 aromatic heterocycles. The average Bonchev–Trinajstić information content (AvgIpc) is 2.59. The van der Waals surface area contributed by atoms with Crippen molar-refractivity contribution in [3.8, 4) is 0 Å². The Morgan fingerprint density at radius 1 is 1.53 bits per heavy atom. The third-order valence-electron chi connectivity index (χ3n) is 2.15. The summed E-state index contributed by atoms with van der Waals surface area (Å²) in [6.45, 7) is 1.47. The van der Waals surface area contributed by atoms with Crippen LogP contribution in [-0.2, 0) is 0 Å². The molecule has 0 atom stereocenters. The van der Waals surface area contributed by atoms with E-state index in [1.165, 1.54) is 11.6 Å². The van der Waals surface area contributed by atoms with Crippen molar-refractivity contribution in [2.24, 2.45) is 5.73 Å². The van der Waals surface area contributed by atoms with Crippen molar-refractivity contribution >= 4 is 34.0 Å². The molecule has 0 unspecified atom stereocenters. The summed E-state index contributed by atoms with van der Waals surface area (Å²) in [5, 5.41) is 4.84.